The molecule has 150 valence electrons. The molecule has 2 aromatic carbocycles. The molecule has 5 nitrogen and oxygen atoms in total. The number of rotatable bonds is 6. The van der Waals surface area contributed by atoms with Gasteiger partial charge in [0.1, 0.15) is 0 Å². The highest BCUT2D eigenvalue weighted by molar-refractivity contribution is 8.00. The molecule has 3 aromatic rings. The maximum absolute atomic E-state index is 12.7. The van der Waals surface area contributed by atoms with Crippen LogP contribution in [0.4, 0.5) is 5.69 Å². The van der Waals surface area contributed by atoms with Crippen molar-refractivity contribution in [3.8, 4) is 0 Å². The van der Waals surface area contributed by atoms with Crippen LogP contribution in [0.2, 0.25) is 0 Å². The number of thioether (sulfide) groups is 1. The van der Waals surface area contributed by atoms with Crippen molar-refractivity contribution in [3.63, 3.8) is 0 Å². The van der Waals surface area contributed by atoms with E-state index in [0.717, 1.165) is 21.7 Å². The molecule has 1 amide bonds. The molecule has 1 N–H and O–H groups in total. The third kappa shape index (κ3) is 4.53. The predicted octanol–water partition coefficient (Wildman–Crippen LogP) is 4.77. The van der Waals surface area contributed by atoms with E-state index < -0.39 is 0 Å². The number of benzene rings is 2. The number of carbonyl (C=O) groups excluding carboxylic acids is 1. The molecular weight excluding hydrogens is 382 g/mol. The van der Waals surface area contributed by atoms with Crippen LogP contribution in [0.15, 0.2) is 58.5 Å². The highest BCUT2D eigenvalue weighted by Gasteiger charge is 2.18. The average Bonchev–Trinajstić information content (AvgIpc) is 3.23. The van der Waals surface area contributed by atoms with E-state index in [2.05, 4.69) is 16.4 Å². The molecule has 4 rings (SSSR count). The maximum atomic E-state index is 12.7. The molecule has 1 fully saturated rings. The summed E-state index contributed by atoms with van der Waals surface area (Å²) in [7, 11) is 0. The van der Waals surface area contributed by atoms with Gasteiger partial charge in [-0.05, 0) is 43.5 Å². The van der Waals surface area contributed by atoms with Gasteiger partial charge < -0.3 is 5.32 Å². The van der Waals surface area contributed by atoms with Gasteiger partial charge in [0, 0.05) is 23.1 Å². The Bertz CT molecular complexity index is 1090. The highest BCUT2D eigenvalue weighted by Crippen LogP contribution is 2.38. The number of aryl methyl sites for hydroxylation is 2. The molecule has 0 unspecified atom stereocenters. The van der Waals surface area contributed by atoms with Crippen LogP contribution >= 0.6 is 11.8 Å². The van der Waals surface area contributed by atoms with Crippen molar-refractivity contribution in [2.75, 3.05) is 5.32 Å². The number of hydrogen-bond acceptors (Lipinski definition) is 4. The number of para-hydroxylation sites is 2. The average molecular weight is 408 g/mol. The Morgan fingerprint density at radius 2 is 1.97 bits per heavy atom. The fourth-order valence-electron chi connectivity index (χ4n) is 3.79. The number of anilines is 1. The van der Waals surface area contributed by atoms with Crippen LogP contribution in [0, 0.1) is 6.92 Å². The summed E-state index contributed by atoms with van der Waals surface area (Å²) in [5.74, 6) is -0.0966. The minimum Gasteiger partial charge on any atom is -0.325 e. The van der Waals surface area contributed by atoms with Crippen molar-refractivity contribution < 1.29 is 4.79 Å². The van der Waals surface area contributed by atoms with Gasteiger partial charge >= 0.3 is 0 Å². The van der Waals surface area contributed by atoms with E-state index in [-0.39, 0.29) is 17.9 Å². The first-order valence-corrected chi connectivity index (χ1v) is 11.0. The largest absolute Gasteiger partial charge is 0.325 e. The van der Waals surface area contributed by atoms with Gasteiger partial charge in [-0.3, -0.25) is 14.2 Å². The molecule has 0 aliphatic heterocycles. The number of amides is 1. The van der Waals surface area contributed by atoms with Crippen molar-refractivity contribution in [2.24, 2.45) is 0 Å². The summed E-state index contributed by atoms with van der Waals surface area (Å²) < 4.78 is 1.51. The summed E-state index contributed by atoms with van der Waals surface area (Å²) in [6, 6.07) is 13.5. The first kappa shape index (κ1) is 19.7. The van der Waals surface area contributed by atoms with Gasteiger partial charge in [0.15, 0.2) is 0 Å². The first-order valence-electron chi connectivity index (χ1n) is 10.1. The van der Waals surface area contributed by atoms with E-state index in [1.54, 1.807) is 6.07 Å². The van der Waals surface area contributed by atoms with E-state index in [1.807, 2.05) is 49.0 Å². The van der Waals surface area contributed by atoms with Gasteiger partial charge in [-0.15, -0.1) is 11.8 Å². The van der Waals surface area contributed by atoms with Crippen LogP contribution in [-0.4, -0.2) is 20.7 Å². The summed E-state index contributed by atoms with van der Waals surface area (Å²) in [6.45, 7) is 2.24. The molecule has 1 aliphatic carbocycles. The van der Waals surface area contributed by atoms with E-state index >= 15 is 0 Å². The Morgan fingerprint density at radius 3 is 2.79 bits per heavy atom. The van der Waals surface area contributed by atoms with Gasteiger partial charge in [-0.1, -0.05) is 37.1 Å². The lowest BCUT2D eigenvalue weighted by molar-refractivity contribution is -0.116. The number of hydrogen-bond donors (Lipinski definition) is 1. The Morgan fingerprint density at radius 1 is 1.17 bits per heavy atom. The molecule has 0 bridgehead atoms. The summed E-state index contributed by atoms with van der Waals surface area (Å²) in [4.78, 5) is 30.8. The topological polar surface area (TPSA) is 64.0 Å². The summed E-state index contributed by atoms with van der Waals surface area (Å²) in [5, 5.41) is 4.25. The van der Waals surface area contributed by atoms with Crippen molar-refractivity contribution in [1.82, 2.24) is 9.55 Å². The fraction of sp³-hybridized carbons (Fsp3) is 0.348. The number of fused-ring (bicyclic) bond motifs is 1. The maximum Gasteiger partial charge on any atom is 0.261 e. The van der Waals surface area contributed by atoms with Gasteiger partial charge in [0.05, 0.1) is 22.9 Å². The standard InChI is InChI=1S/C23H25N3O2S/c1-16-7-6-10-18-22(16)24-15-26(23(18)28)14-13-21(27)25-19-11-4-5-12-20(19)29-17-8-2-3-9-17/h4-7,10-12,15,17H,2-3,8-9,13-14H2,1H3,(H,25,27). The van der Waals surface area contributed by atoms with Crippen LogP contribution in [0.25, 0.3) is 10.9 Å². The molecule has 29 heavy (non-hydrogen) atoms. The Kier molecular flexibility index (Phi) is 6.00. The van der Waals surface area contributed by atoms with Crippen LogP contribution in [0.3, 0.4) is 0 Å². The molecule has 0 radical (unpaired) electrons. The molecule has 0 atom stereocenters. The lowest BCUT2D eigenvalue weighted by atomic mass is 10.1. The minimum absolute atomic E-state index is 0.0966. The second-order valence-corrected chi connectivity index (χ2v) is 8.88. The fourth-order valence-corrected chi connectivity index (χ4v) is 5.12. The zero-order valence-corrected chi connectivity index (χ0v) is 17.4. The quantitative estimate of drug-likeness (QED) is 0.639. The van der Waals surface area contributed by atoms with E-state index in [4.69, 9.17) is 0 Å². The lowest BCUT2D eigenvalue weighted by Gasteiger charge is -2.14. The third-order valence-electron chi connectivity index (χ3n) is 5.39. The number of aromatic nitrogens is 2. The lowest BCUT2D eigenvalue weighted by Crippen LogP contribution is -2.24. The van der Waals surface area contributed by atoms with Crippen LogP contribution in [0.5, 0.6) is 0 Å². The van der Waals surface area contributed by atoms with Crippen LogP contribution < -0.4 is 10.9 Å². The van der Waals surface area contributed by atoms with Crippen LogP contribution in [-0.2, 0) is 11.3 Å². The third-order valence-corrected chi connectivity index (χ3v) is 6.81. The highest BCUT2D eigenvalue weighted by atomic mass is 32.2. The molecule has 1 saturated carbocycles. The van der Waals surface area contributed by atoms with Gasteiger partial charge in [-0.2, -0.15) is 0 Å². The van der Waals surface area contributed by atoms with Crippen molar-refractivity contribution in [2.45, 2.75) is 55.7 Å². The molecule has 0 spiro atoms. The molecule has 1 aliphatic rings. The molecule has 6 heteroatoms. The van der Waals surface area contributed by atoms with Crippen molar-refractivity contribution in [1.29, 1.82) is 0 Å². The monoisotopic (exact) mass is 407 g/mol. The zero-order valence-electron chi connectivity index (χ0n) is 16.6. The SMILES string of the molecule is Cc1cccc2c(=O)n(CCC(=O)Nc3ccccc3SC3CCCC3)cnc12. The minimum atomic E-state index is -0.108. The smallest absolute Gasteiger partial charge is 0.261 e. The summed E-state index contributed by atoms with van der Waals surface area (Å²) in [6.07, 6.45) is 6.82. The Hall–Kier alpha value is -2.60. The second kappa shape index (κ2) is 8.82. The number of nitrogens with zero attached hydrogens (tertiary/aromatic N) is 2. The van der Waals surface area contributed by atoms with E-state index in [0.29, 0.717) is 17.2 Å². The van der Waals surface area contributed by atoms with Crippen molar-refractivity contribution in [3.05, 3.63) is 64.7 Å². The van der Waals surface area contributed by atoms with E-state index in [9.17, 15) is 9.59 Å². The Labute approximate surface area is 174 Å². The molecule has 1 heterocycles. The molecule has 0 saturated heterocycles. The van der Waals surface area contributed by atoms with Crippen LogP contribution in [0.1, 0.15) is 37.7 Å². The summed E-state index contributed by atoms with van der Waals surface area (Å²) in [5.41, 5.74) is 2.44. The van der Waals surface area contributed by atoms with Gasteiger partial charge in [0.2, 0.25) is 5.91 Å². The zero-order chi connectivity index (χ0) is 20.2. The van der Waals surface area contributed by atoms with Gasteiger partial charge in [0.25, 0.3) is 5.56 Å². The number of carbonyl (C=O) groups is 1. The molecule has 1 aromatic heterocycles. The second-order valence-electron chi connectivity index (χ2n) is 7.53. The predicted molar refractivity (Wildman–Crippen MR) is 119 cm³/mol. The van der Waals surface area contributed by atoms with Gasteiger partial charge in [-0.25, -0.2) is 4.98 Å². The van der Waals surface area contributed by atoms with Crippen molar-refractivity contribution >= 4 is 34.3 Å². The Balaban J connectivity index is 1.43. The number of nitrogens with one attached hydrogen (secondary N) is 1. The molecular formula is C23H25N3O2S. The normalized spacial score (nSPS) is 14.4. The first-order chi connectivity index (χ1) is 14.1. The summed E-state index contributed by atoms with van der Waals surface area (Å²) >= 11 is 1.86. The van der Waals surface area contributed by atoms with E-state index in [1.165, 1.54) is 36.6 Å².